The summed E-state index contributed by atoms with van der Waals surface area (Å²) >= 11 is 0. The van der Waals surface area contributed by atoms with E-state index in [1.807, 2.05) is 0 Å². The molecule has 21 heavy (non-hydrogen) atoms. The molecule has 1 aliphatic rings. The summed E-state index contributed by atoms with van der Waals surface area (Å²) in [6, 6.07) is 0. The molecule has 0 spiro atoms. The smallest absolute Gasteiger partial charge is 0.331 e. The molecule has 0 bridgehead atoms. The van der Waals surface area contributed by atoms with Gasteiger partial charge in [0.1, 0.15) is 0 Å². The number of hydrogen-bond acceptors (Lipinski definition) is 3. The third-order valence-electron chi connectivity index (χ3n) is 4.57. The number of carboxylic acid groups (broad SMARTS) is 1. The molecule has 1 aliphatic carbocycles. The fourth-order valence-corrected chi connectivity index (χ4v) is 3.25. The predicted molar refractivity (Wildman–Crippen MR) is 81.9 cm³/mol. The van der Waals surface area contributed by atoms with Crippen molar-refractivity contribution in [2.24, 2.45) is 17.8 Å². The molecule has 1 rings (SSSR count). The molecule has 4 nitrogen and oxygen atoms in total. The van der Waals surface area contributed by atoms with E-state index in [0.29, 0.717) is 12.5 Å². The zero-order valence-corrected chi connectivity index (χ0v) is 13.2. The topological polar surface area (TPSA) is 63.6 Å². The molecule has 0 aliphatic heterocycles. The van der Waals surface area contributed by atoms with E-state index in [2.05, 4.69) is 13.8 Å². The van der Waals surface area contributed by atoms with Crippen LogP contribution in [0.2, 0.25) is 0 Å². The van der Waals surface area contributed by atoms with E-state index in [1.54, 1.807) is 0 Å². The van der Waals surface area contributed by atoms with Crippen molar-refractivity contribution in [3.63, 3.8) is 0 Å². The molecule has 120 valence electrons. The van der Waals surface area contributed by atoms with Gasteiger partial charge < -0.3 is 9.84 Å². The molecule has 0 radical (unpaired) electrons. The van der Waals surface area contributed by atoms with Gasteiger partial charge in [-0.1, -0.05) is 39.5 Å². The lowest BCUT2D eigenvalue weighted by atomic mass is 9.74. The minimum atomic E-state index is -1.13. The van der Waals surface area contributed by atoms with Gasteiger partial charge in [0.05, 0.1) is 6.61 Å². The maximum absolute atomic E-state index is 11.2. The van der Waals surface area contributed by atoms with Crippen molar-refractivity contribution in [3.8, 4) is 0 Å². The highest BCUT2D eigenvalue weighted by atomic mass is 16.5. The first-order chi connectivity index (χ1) is 10.0. The predicted octanol–water partition coefficient (Wildman–Crippen LogP) is 3.80. The average Bonchev–Trinajstić information content (AvgIpc) is 2.46. The molecule has 1 saturated carbocycles. The van der Waals surface area contributed by atoms with Gasteiger partial charge in [-0.3, -0.25) is 0 Å². The number of carbonyl (C=O) groups excluding carboxylic acids is 1. The molecular weight excluding hydrogens is 268 g/mol. The number of carbonyl (C=O) groups is 2. The molecule has 1 unspecified atom stereocenters. The summed E-state index contributed by atoms with van der Waals surface area (Å²) in [6.45, 7) is 5.00. The summed E-state index contributed by atoms with van der Waals surface area (Å²) in [5.74, 6) is 0.637. The van der Waals surface area contributed by atoms with Gasteiger partial charge in [-0.15, -0.1) is 0 Å². The molecule has 4 heteroatoms. The first-order valence-electron chi connectivity index (χ1n) is 8.10. The van der Waals surface area contributed by atoms with Crippen molar-refractivity contribution >= 4 is 11.9 Å². The largest absolute Gasteiger partial charge is 0.478 e. The van der Waals surface area contributed by atoms with Gasteiger partial charge in [-0.05, 0) is 37.0 Å². The highest BCUT2D eigenvalue weighted by Crippen LogP contribution is 2.36. The van der Waals surface area contributed by atoms with Crippen molar-refractivity contribution in [1.29, 1.82) is 0 Å². The maximum atomic E-state index is 11.2. The molecule has 0 amide bonds. The van der Waals surface area contributed by atoms with Crippen LogP contribution >= 0.6 is 0 Å². The van der Waals surface area contributed by atoms with Gasteiger partial charge in [-0.25, -0.2) is 9.59 Å². The van der Waals surface area contributed by atoms with Crippen molar-refractivity contribution in [3.05, 3.63) is 12.2 Å². The van der Waals surface area contributed by atoms with Crippen LogP contribution in [-0.2, 0) is 14.3 Å². The second-order valence-corrected chi connectivity index (χ2v) is 6.17. The molecule has 0 saturated heterocycles. The molecule has 1 atom stereocenters. The molecule has 0 aromatic rings. The lowest BCUT2D eigenvalue weighted by Gasteiger charge is -2.32. The van der Waals surface area contributed by atoms with Crippen LogP contribution in [0, 0.1) is 17.8 Å². The van der Waals surface area contributed by atoms with E-state index in [9.17, 15) is 9.59 Å². The minimum Gasteiger partial charge on any atom is -0.478 e. The molecule has 1 N–H and O–H groups in total. The Hall–Kier alpha value is -1.32. The van der Waals surface area contributed by atoms with Crippen molar-refractivity contribution in [2.45, 2.75) is 58.8 Å². The maximum Gasteiger partial charge on any atom is 0.331 e. The number of ether oxygens (including phenoxy) is 1. The Labute approximate surface area is 127 Å². The van der Waals surface area contributed by atoms with Crippen LogP contribution in [0.1, 0.15) is 58.8 Å². The quantitative estimate of drug-likeness (QED) is 0.546. The highest BCUT2D eigenvalue weighted by Gasteiger charge is 2.24. The standard InChI is InChI=1S/C17H28O4/c1-3-4-13(2)15-7-5-14(6-8-15)11-12-21-17(20)10-9-16(18)19/h9-10,13-15H,3-8,11-12H2,1-2H3,(H,18,19)/b10-9+. The van der Waals surface area contributed by atoms with Crippen LogP contribution in [0.15, 0.2) is 12.2 Å². The van der Waals surface area contributed by atoms with Crippen LogP contribution in [0.3, 0.4) is 0 Å². The van der Waals surface area contributed by atoms with E-state index >= 15 is 0 Å². The normalized spacial score (nSPS) is 23.9. The van der Waals surface area contributed by atoms with Gasteiger partial charge in [0.15, 0.2) is 0 Å². The van der Waals surface area contributed by atoms with E-state index in [4.69, 9.17) is 9.84 Å². The fraction of sp³-hybridized carbons (Fsp3) is 0.765. The second kappa shape index (κ2) is 9.59. The first kappa shape index (κ1) is 17.7. The zero-order valence-electron chi connectivity index (χ0n) is 13.2. The Morgan fingerprint density at radius 3 is 2.48 bits per heavy atom. The summed E-state index contributed by atoms with van der Waals surface area (Å²) in [5.41, 5.74) is 0. The van der Waals surface area contributed by atoms with E-state index in [0.717, 1.165) is 30.4 Å². The summed E-state index contributed by atoms with van der Waals surface area (Å²) in [6.07, 6.45) is 10.3. The van der Waals surface area contributed by atoms with E-state index in [-0.39, 0.29) is 0 Å². The summed E-state index contributed by atoms with van der Waals surface area (Å²) in [5, 5.41) is 8.40. The zero-order chi connectivity index (χ0) is 15.7. The van der Waals surface area contributed by atoms with Crippen LogP contribution in [0.4, 0.5) is 0 Å². The number of carboxylic acids is 1. The second-order valence-electron chi connectivity index (χ2n) is 6.17. The Kier molecular flexibility index (Phi) is 8.09. The third-order valence-corrected chi connectivity index (χ3v) is 4.57. The summed E-state index contributed by atoms with van der Waals surface area (Å²) in [4.78, 5) is 21.5. The average molecular weight is 296 g/mol. The van der Waals surface area contributed by atoms with E-state index in [1.165, 1.54) is 38.5 Å². The van der Waals surface area contributed by atoms with E-state index < -0.39 is 11.9 Å². The van der Waals surface area contributed by atoms with Gasteiger partial charge in [0.2, 0.25) is 0 Å². The summed E-state index contributed by atoms with van der Waals surface area (Å²) < 4.78 is 5.02. The Morgan fingerprint density at radius 2 is 1.90 bits per heavy atom. The minimum absolute atomic E-state index is 0.392. The van der Waals surface area contributed by atoms with Crippen LogP contribution < -0.4 is 0 Å². The van der Waals surface area contributed by atoms with Gasteiger partial charge >= 0.3 is 11.9 Å². The Balaban J connectivity index is 2.16. The molecular formula is C17H28O4. The Morgan fingerprint density at radius 1 is 1.24 bits per heavy atom. The van der Waals surface area contributed by atoms with Crippen molar-refractivity contribution in [1.82, 2.24) is 0 Å². The lowest BCUT2D eigenvalue weighted by molar-refractivity contribution is -0.139. The molecule has 0 aromatic heterocycles. The molecule has 1 fully saturated rings. The van der Waals surface area contributed by atoms with Crippen LogP contribution in [-0.4, -0.2) is 23.7 Å². The van der Waals surface area contributed by atoms with Crippen LogP contribution in [0.25, 0.3) is 0 Å². The lowest BCUT2D eigenvalue weighted by Crippen LogP contribution is -2.21. The summed E-state index contributed by atoms with van der Waals surface area (Å²) in [7, 11) is 0. The SMILES string of the molecule is CCCC(C)C1CCC(CCOC(=O)/C=C/C(=O)O)CC1. The van der Waals surface area contributed by atoms with Crippen molar-refractivity contribution < 1.29 is 19.4 Å². The van der Waals surface area contributed by atoms with Crippen LogP contribution in [0.5, 0.6) is 0 Å². The molecule has 0 heterocycles. The fourth-order valence-electron chi connectivity index (χ4n) is 3.25. The number of hydrogen-bond donors (Lipinski definition) is 1. The van der Waals surface area contributed by atoms with Gasteiger partial charge in [-0.2, -0.15) is 0 Å². The Bertz CT molecular complexity index is 354. The first-order valence-corrected chi connectivity index (χ1v) is 8.10. The van der Waals surface area contributed by atoms with Gasteiger partial charge in [0.25, 0.3) is 0 Å². The monoisotopic (exact) mass is 296 g/mol. The van der Waals surface area contributed by atoms with Gasteiger partial charge in [0, 0.05) is 12.2 Å². The highest BCUT2D eigenvalue weighted by molar-refractivity contribution is 5.90. The number of rotatable bonds is 8. The number of esters is 1. The number of aliphatic carboxylic acids is 1. The third kappa shape index (κ3) is 7.30. The molecule has 0 aromatic carbocycles. The van der Waals surface area contributed by atoms with Crippen molar-refractivity contribution in [2.75, 3.05) is 6.61 Å².